The molecule has 3 rings (SSSR count). The highest BCUT2D eigenvalue weighted by molar-refractivity contribution is 6.33. The monoisotopic (exact) mass is 335 g/mol. The van der Waals surface area contributed by atoms with Crippen LogP contribution in [0.5, 0.6) is 0 Å². The van der Waals surface area contributed by atoms with E-state index in [1.165, 1.54) is 31.9 Å². The minimum atomic E-state index is -0.985. The van der Waals surface area contributed by atoms with Crippen molar-refractivity contribution in [1.82, 2.24) is 9.88 Å². The van der Waals surface area contributed by atoms with Crippen molar-refractivity contribution in [3.63, 3.8) is 0 Å². The van der Waals surface area contributed by atoms with Crippen molar-refractivity contribution in [2.24, 2.45) is 5.92 Å². The predicted molar refractivity (Wildman–Crippen MR) is 91.7 cm³/mol. The van der Waals surface area contributed by atoms with Crippen LogP contribution in [-0.4, -0.2) is 46.6 Å². The van der Waals surface area contributed by atoms with Gasteiger partial charge in [0, 0.05) is 37.9 Å². The van der Waals surface area contributed by atoms with E-state index in [4.69, 9.17) is 16.7 Å². The van der Waals surface area contributed by atoms with Gasteiger partial charge in [-0.25, -0.2) is 9.78 Å². The van der Waals surface area contributed by atoms with Crippen molar-refractivity contribution >= 4 is 29.5 Å². The molecule has 2 N–H and O–H groups in total. The van der Waals surface area contributed by atoms with Crippen LogP contribution in [0.15, 0.2) is 18.3 Å². The fraction of sp³-hybridized carbons (Fsp3) is 0.529. The average molecular weight is 336 g/mol. The van der Waals surface area contributed by atoms with E-state index >= 15 is 0 Å². The summed E-state index contributed by atoms with van der Waals surface area (Å²) in [5, 5.41) is 12.6. The van der Waals surface area contributed by atoms with Gasteiger partial charge in [-0.15, -0.1) is 0 Å². The van der Waals surface area contributed by atoms with E-state index in [1.807, 2.05) is 0 Å². The Bertz CT molecular complexity index is 602. The van der Waals surface area contributed by atoms with Gasteiger partial charge in [0.05, 0.1) is 5.02 Å². The first-order valence-electron chi connectivity index (χ1n) is 8.15. The third-order valence-corrected chi connectivity index (χ3v) is 4.92. The van der Waals surface area contributed by atoms with Gasteiger partial charge in [0.2, 0.25) is 0 Å². The van der Waals surface area contributed by atoms with Crippen molar-refractivity contribution in [3.8, 4) is 0 Å². The summed E-state index contributed by atoms with van der Waals surface area (Å²) in [5.41, 5.74) is 0.681. The van der Waals surface area contributed by atoms with E-state index in [9.17, 15) is 4.79 Å². The number of carboxylic acid groups (broad SMARTS) is 1. The van der Waals surface area contributed by atoms with E-state index in [1.54, 1.807) is 12.3 Å². The van der Waals surface area contributed by atoms with Crippen LogP contribution in [0.2, 0.25) is 5.02 Å². The topological polar surface area (TPSA) is 65.5 Å². The van der Waals surface area contributed by atoms with Gasteiger partial charge in [0.25, 0.3) is 0 Å². The molecule has 23 heavy (non-hydrogen) atoms. The average Bonchev–Trinajstić information content (AvgIpc) is 2.91. The molecular weight excluding hydrogens is 314 g/mol. The van der Waals surface area contributed by atoms with Crippen LogP contribution in [0.1, 0.15) is 31.2 Å². The molecule has 124 valence electrons. The van der Waals surface area contributed by atoms with Gasteiger partial charge in [0.15, 0.2) is 0 Å². The number of nitrogens with one attached hydrogen (secondary N) is 1. The highest BCUT2D eigenvalue weighted by Gasteiger charge is 2.27. The van der Waals surface area contributed by atoms with Crippen LogP contribution in [0.4, 0.5) is 5.82 Å². The van der Waals surface area contributed by atoms with Gasteiger partial charge >= 0.3 is 5.97 Å². The summed E-state index contributed by atoms with van der Waals surface area (Å²) in [7, 11) is 0. The number of likely N-dealkylation sites (tertiary alicyclic amines) is 1. The Morgan fingerprint density at radius 2 is 2.30 bits per heavy atom. The minimum absolute atomic E-state index is 0.375. The van der Waals surface area contributed by atoms with Gasteiger partial charge < -0.3 is 15.3 Å². The summed E-state index contributed by atoms with van der Waals surface area (Å²) in [4.78, 5) is 17.4. The number of pyridine rings is 1. The highest BCUT2D eigenvalue weighted by Crippen LogP contribution is 2.29. The van der Waals surface area contributed by atoms with Gasteiger partial charge in [-0.1, -0.05) is 18.0 Å². The minimum Gasteiger partial charge on any atom is -0.478 e. The zero-order chi connectivity index (χ0) is 16.2. The molecule has 2 aliphatic rings. The SMILES string of the molecule is O=C(O)/C=C/c1cnc(N[C@@H]2CCN(CC3CCC3)C2)c(Cl)c1. The number of carboxylic acids is 1. The molecule has 6 heteroatoms. The van der Waals surface area contributed by atoms with E-state index in [0.29, 0.717) is 22.4 Å². The number of aromatic nitrogens is 1. The molecule has 5 nitrogen and oxygen atoms in total. The number of nitrogens with zero attached hydrogens (tertiary/aromatic N) is 2. The lowest BCUT2D eigenvalue weighted by Gasteiger charge is -2.30. The molecule has 1 saturated carbocycles. The van der Waals surface area contributed by atoms with E-state index < -0.39 is 5.97 Å². The van der Waals surface area contributed by atoms with Crippen LogP contribution in [0.25, 0.3) is 6.08 Å². The second-order valence-corrected chi connectivity index (χ2v) is 6.86. The molecule has 1 saturated heterocycles. The summed E-state index contributed by atoms with van der Waals surface area (Å²) >= 11 is 6.26. The Labute approximate surface area is 141 Å². The first kappa shape index (κ1) is 16.3. The lowest BCUT2D eigenvalue weighted by atomic mass is 9.85. The molecule has 0 aromatic carbocycles. The number of carbonyl (C=O) groups is 1. The number of rotatable bonds is 6. The Balaban J connectivity index is 1.54. The Kier molecular flexibility index (Phi) is 5.18. The number of aliphatic carboxylic acids is 1. The van der Waals surface area contributed by atoms with Crippen LogP contribution in [-0.2, 0) is 4.79 Å². The van der Waals surface area contributed by atoms with E-state index in [2.05, 4.69) is 15.2 Å². The Morgan fingerprint density at radius 1 is 1.48 bits per heavy atom. The van der Waals surface area contributed by atoms with Crippen molar-refractivity contribution in [2.45, 2.75) is 31.7 Å². The maximum atomic E-state index is 10.5. The van der Waals surface area contributed by atoms with E-state index in [0.717, 1.165) is 31.5 Å². The van der Waals surface area contributed by atoms with Gasteiger partial charge in [0.1, 0.15) is 5.82 Å². The highest BCUT2D eigenvalue weighted by atomic mass is 35.5. The molecule has 1 atom stereocenters. The van der Waals surface area contributed by atoms with Gasteiger partial charge in [-0.3, -0.25) is 0 Å². The number of hydrogen-bond acceptors (Lipinski definition) is 4. The van der Waals surface area contributed by atoms with Crippen molar-refractivity contribution in [1.29, 1.82) is 0 Å². The molecule has 0 amide bonds. The molecule has 2 fully saturated rings. The summed E-state index contributed by atoms with van der Waals surface area (Å²) < 4.78 is 0. The molecule has 1 aliphatic heterocycles. The maximum absolute atomic E-state index is 10.5. The predicted octanol–water partition coefficient (Wildman–Crippen LogP) is 3.12. The van der Waals surface area contributed by atoms with Crippen LogP contribution < -0.4 is 5.32 Å². The summed E-state index contributed by atoms with van der Waals surface area (Å²) in [6, 6.07) is 2.11. The number of halogens is 1. The molecule has 0 unspecified atom stereocenters. The molecule has 1 aromatic heterocycles. The maximum Gasteiger partial charge on any atom is 0.328 e. The van der Waals surface area contributed by atoms with Gasteiger partial charge in [-0.2, -0.15) is 0 Å². The largest absolute Gasteiger partial charge is 0.478 e. The van der Waals surface area contributed by atoms with Crippen LogP contribution in [0, 0.1) is 5.92 Å². The first-order valence-corrected chi connectivity index (χ1v) is 8.53. The Morgan fingerprint density at radius 3 is 2.96 bits per heavy atom. The van der Waals surface area contributed by atoms with Crippen molar-refractivity contribution in [3.05, 3.63) is 28.9 Å². The van der Waals surface area contributed by atoms with E-state index in [-0.39, 0.29) is 0 Å². The fourth-order valence-electron chi connectivity index (χ4n) is 3.17. The first-order chi connectivity index (χ1) is 11.1. The second-order valence-electron chi connectivity index (χ2n) is 6.46. The molecule has 0 radical (unpaired) electrons. The van der Waals surface area contributed by atoms with Crippen LogP contribution >= 0.6 is 11.6 Å². The zero-order valence-corrected chi connectivity index (χ0v) is 13.8. The third kappa shape index (κ3) is 4.45. The Hall–Kier alpha value is -1.59. The zero-order valence-electron chi connectivity index (χ0n) is 13.0. The lowest BCUT2D eigenvalue weighted by molar-refractivity contribution is -0.131. The van der Waals surface area contributed by atoms with Crippen molar-refractivity contribution in [2.75, 3.05) is 25.0 Å². The molecular formula is C17H22ClN3O2. The summed E-state index contributed by atoms with van der Waals surface area (Å²) in [6.07, 6.45) is 9.46. The number of anilines is 1. The summed E-state index contributed by atoms with van der Waals surface area (Å²) in [6.45, 7) is 3.39. The smallest absolute Gasteiger partial charge is 0.328 e. The quantitative estimate of drug-likeness (QED) is 0.782. The normalized spacial score (nSPS) is 22.4. The second kappa shape index (κ2) is 7.32. The number of hydrogen-bond donors (Lipinski definition) is 2. The fourth-order valence-corrected chi connectivity index (χ4v) is 3.40. The molecule has 1 aromatic rings. The lowest BCUT2D eigenvalue weighted by Crippen LogP contribution is -2.33. The molecule has 0 bridgehead atoms. The standard InChI is InChI=1S/C17H22ClN3O2/c18-15-8-13(4-5-16(22)23)9-19-17(15)20-14-6-7-21(11-14)10-12-2-1-3-12/h4-5,8-9,12,14H,1-3,6-7,10-11H2,(H,19,20)(H,22,23)/b5-4+/t14-/m1/s1. The van der Waals surface area contributed by atoms with Gasteiger partial charge in [-0.05, 0) is 42.9 Å². The summed E-state index contributed by atoms with van der Waals surface area (Å²) in [5.74, 6) is 0.589. The molecule has 2 heterocycles. The third-order valence-electron chi connectivity index (χ3n) is 4.64. The van der Waals surface area contributed by atoms with Crippen molar-refractivity contribution < 1.29 is 9.90 Å². The molecule has 0 spiro atoms. The molecule has 1 aliphatic carbocycles. The van der Waals surface area contributed by atoms with Crippen LogP contribution in [0.3, 0.4) is 0 Å².